The number of nitrogens with one attached hydrogen (secondary N) is 2. The summed E-state index contributed by atoms with van der Waals surface area (Å²) < 4.78 is 0. The second-order valence-corrected chi connectivity index (χ2v) is 7.67. The Morgan fingerprint density at radius 1 is 1.04 bits per heavy atom. The number of hydrogen-bond donors (Lipinski definition) is 2. The molecule has 1 saturated heterocycles. The molecule has 0 bridgehead atoms. The van der Waals surface area contributed by atoms with Gasteiger partial charge in [-0.15, -0.1) is 0 Å². The van der Waals surface area contributed by atoms with Crippen LogP contribution in [0.1, 0.15) is 69.2 Å². The van der Waals surface area contributed by atoms with Crippen molar-refractivity contribution in [1.82, 2.24) is 10.2 Å². The second-order valence-electron chi connectivity index (χ2n) is 7.67. The molecule has 27 heavy (non-hydrogen) atoms. The molecule has 1 aliphatic heterocycles. The van der Waals surface area contributed by atoms with Gasteiger partial charge in [-0.25, -0.2) is 0 Å². The molecule has 0 aliphatic carbocycles. The smallest absolute Gasteiger partial charge is 0.253 e. The zero-order valence-electron chi connectivity index (χ0n) is 16.9. The summed E-state index contributed by atoms with van der Waals surface area (Å²) >= 11 is 0. The largest absolute Gasteiger partial charge is 0.376 e. The number of anilines is 1. The minimum absolute atomic E-state index is 0.00748. The number of amides is 2. The number of piperidine rings is 1. The van der Waals surface area contributed by atoms with Gasteiger partial charge in [-0.2, -0.15) is 0 Å². The summed E-state index contributed by atoms with van der Waals surface area (Å²) in [7, 11) is 0. The van der Waals surface area contributed by atoms with E-state index in [-0.39, 0.29) is 18.4 Å². The number of carbonyl (C=O) groups excluding carboxylic acids is 2. The van der Waals surface area contributed by atoms with Gasteiger partial charge in [-0.05, 0) is 49.4 Å². The highest BCUT2D eigenvalue weighted by Gasteiger charge is 2.21. The molecule has 1 fully saturated rings. The first-order valence-electron chi connectivity index (χ1n) is 10.5. The molecule has 0 aromatic heterocycles. The number of unbranched alkanes of at least 4 members (excludes halogenated alkanes) is 4. The van der Waals surface area contributed by atoms with Crippen LogP contribution in [-0.2, 0) is 4.79 Å². The third kappa shape index (κ3) is 7.61. The van der Waals surface area contributed by atoms with Crippen molar-refractivity contribution in [3.63, 3.8) is 0 Å². The molecule has 5 nitrogen and oxygen atoms in total. The van der Waals surface area contributed by atoms with E-state index in [1.807, 2.05) is 29.2 Å². The van der Waals surface area contributed by atoms with Gasteiger partial charge < -0.3 is 15.5 Å². The number of benzene rings is 1. The molecule has 5 heteroatoms. The van der Waals surface area contributed by atoms with Gasteiger partial charge in [0.25, 0.3) is 5.91 Å². The summed E-state index contributed by atoms with van der Waals surface area (Å²) in [5, 5.41) is 6.06. The van der Waals surface area contributed by atoms with Crippen LogP contribution < -0.4 is 10.6 Å². The number of carbonyl (C=O) groups is 2. The van der Waals surface area contributed by atoms with Gasteiger partial charge in [0.1, 0.15) is 0 Å². The predicted octanol–water partition coefficient (Wildman–Crippen LogP) is 4.06. The molecular weight excluding hydrogens is 338 g/mol. The number of nitrogens with zero attached hydrogens (tertiary/aromatic N) is 1. The molecule has 0 spiro atoms. The Balaban J connectivity index is 1.67. The Bertz CT molecular complexity index is 578. The third-order valence-corrected chi connectivity index (χ3v) is 5.26. The number of likely N-dealkylation sites (tertiary alicyclic amines) is 1. The quantitative estimate of drug-likeness (QED) is 0.608. The lowest BCUT2D eigenvalue weighted by atomic mass is 9.98. The van der Waals surface area contributed by atoms with Crippen LogP contribution in [0.4, 0.5) is 5.69 Å². The van der Waals surface area contributed by atoms with E-state index < -0.39 is 0 Å². The molecule has 0 saturated carbocycles. The van der Waals surface area contributed by atoms with Gasteiger partial charge in [0, 0.05) is 30.9 Å². The average Bonchev–Trinajstić information content (AvgIpc) is 2.69. The predicted molar refractivity (Wildman–Crippen MR) is 111 cm³/mol. The van der Waals surface area contributed by atoms with Crippen molar-refractivity contribution < 1.29 is 9.59 Å². The first-order chi connectivity index (χ1) is 13.1. The van der Waals surface area contributed by atoms with Gasteiger partial charge in [-0.1, -0.05) is 39.5 Å². The van der Waals surface area contributed by atoms with Crippen molar-refractivity contribution in [2.45, 2.75) is 58.8 Å². The zero-order valence-corrected chi connectivity index (χ0v) is 16.9. The maximum atomic E-state index is 12.5. The maximum Gasteiger partial charge on any atom is 0.253 e. The first kappa shape index (κ1) is 21.3. The van der Waals surface area contributed by atoms with E-state index in [0.29, 0.717) is 11.5 Å². The van der Waals surface area contributed by atoms with Crippen LogP contribution >= 0.6 is 0 Å². The summed E-state index contributed by atoms with van der Waals surface area (Å²) in [5.41, 5.74) is 1.57. The van der Waals surface area contributed by atoms with Crippen LogP contribution in [0.15, 0.2) is 24.3 Å². The van der Waals surface area contributed by atoms with Crippen molar-refractivity contribution in [3.8, 4) is 0 Å². The highest BCUT2D eigenvalue weighted by Crippen LogP contribution is 2.19. The third-order valence-electron chi connectivity index (χ3n) is 5.26. The molecule has 1 aromatic carbocycles. The van der Waals surface area contributed by atoms with Crippen molar-refractivity contribution in [2.75, 3.05) is 31.5 Å². The van der Waals surface area contributed by atoms with Crippen LogP contribution in [0.25, 0.3) is 0 Å². The van der Waals surface area contributed by atoms with Crippen LogP contribution in [0.3, 0.4) is 0 Å². The molecule has 1 aromatic rings. The Kier molecular flexibility index (Phi) is 9.16. The van der Waals surface area contributed by atoms with E-state index in [1.54, 1.807) is 0 Å². The van der Waals surface area contributed by atoms with Crippen LogP contribution in [0.5, 0.6) is 0 Å². The summed E-state index contributed by atoms with van der Waals surface area (Å²) in [5.74, 6) is 0.825. The molecule has 1 aliphatic rings. The Morgan fingerprint density at radius 3 is 2.37 bits per heavy atom. The maximum absolute atomic E-state index is 12.5. The van der Waals surface area contributed by atoms with E-state index in [0.717, 1.165) is 44.6 Å². The van der Waals surface area contributed by atoms with Gasteiger partial charge >= 0.3 is 0 Å². The molecule has 0 unspecified atom stereocenters. The van der Waals surface area contributed by atoms with Crippen LogP contribution in [0, 0.1) is 5.92 Å². The van der Waals surface area contributed by atoms with Crippen molar-refractivity contribution >= 4 is 17.5 Å². The monoisotopic (exact) mass is 373 g/mol. The normalized spacial score (nSPS) is 14.8. The lowest BCUT2D eigenvalue weighted by Crippen LogP contribution is -2.37. The minimum atomic E-state index is 0.00748. The summed E-state index contributed by atoms with van der Waals surface area (Å²) in [6, 6.07) is 7.43. The summed E-state index contributed by atoms with van der Waals surface area (Å²) in [6.07, 6.45) is 8.12. The zero-order chi connectivity index (χ0) is 19.5. The highest BCUT2D eigenvalue weighted by molar-refractivity contribution is 5.94. The molecular formula is C22H35N3O2. The first-order valence-corrected chi connectivity index (χ1v) is 10.5. The number of rotatable bonds is 10. The Morgan fingerprint density at radius 2 is 1.70 bits per heavy atom. The molecule has 2 N–H and O–H groups in total. The van der Waals surface area contributed by atoms with Gasteiger partial charge in [0.05, 0.1) is 6.54 Å². The van der Waals surface area contributed by atoms with Gasteiger partial charge in [-0.3, -0.25) is 9.59 Å². The number of hydrogen-bond acceptors (Lipinski definition) is 3. The van der Waals surface area contributed by atoms with Crippen LogP contribution in [0.2, 0.25) is 0 Å². The highest BCUT2D eigenvalue weighted by atomic mass is 16.2. The molecule has 0 atom stereocenters. The lowest BCUT2D eigenvalue weighted by Gasteiger charge is -2.30. The summed E-state index contributed by atoms with van der Waals surface area (Å²) in [6.45, 7) is 7.13. The van der Waals surface area contributed by atoms with E-state index in [1.165, 1.54) is 25.7 Å². The summed E-state index contributed by atoms with van der Waals surface area (Å²) in [4.78, 5) is 26.4. The van der Waals surface area contributed by atoms with Crippen molar-refractivity contribution in [3.05, 3.63) is 29.8 Å². The fourth-order valence-corrected chi connectivity index (χ4v) is 3.33. The second kappa shape index (κ2) is 11.6. The standard InChI is InChI=1S/C22H35N3O2/c1-3-4-5-6-7-14-23-21(26)17-24-20-10-8-19(9-11-20)22(27)25-15-12-18(2)13-16-25/h8-11,18,24H,3-7,12-17H2,1-2H3,(H,23,26). The van der Waals surface area contributed by atoms with Gasteiger partial charge in [0.2, 0.25) is 5.91 Å². The molecule has 2 amide bonds. The molecule has 0 radical (unpaired) electrons. The fraction of sp³-hybridized carbons (Fsp3) is 0.636. The average molecular weight is 374 g/mol. The van der Waals surface area contributed by atoms with E-state index in [4.69, 9.17) is 0 Å². The molecule has 2 rings (SSSR count). The van der Waals surface area contributed by atoms with E-state index >= 15 is 0 Å². The van der Waals surface area contributed by atoms with E-state index in [9.17, 15) is 9.59 Å². The molecule has 150 valence electrons. The fourth-order valence-electron chi connectivity index (χ4n) is 3.33. The van der Waals surface area contributed by atoms with Crippen molar-refractivity contribution in [1.29, 1.82) is 0 Å². The Hall–Kier alpha value is -2.04. The van der Waals surface area contributed by atoms with Crippen LogP contribution in [-0.4, -0.2) is 42.9 Å². The minimum Gasteiger partial charge on any atom is -0.376 e. The van der Waals surface area contributed by atoms with E-state index in [2.05, 4.69) is 24.5 Å². The SMILES string of the molecule is CCCCCCCNC(=O)CNc1ccc(C(=O)N2CCC(C)CC2)cc1. The van der Waals surface area contributed by atoms with Gasteiger partial charge in [0.15, 0.2) is 0 Å². The lowest BCUT2D eigenvalue weighted by molar-refractivity contribution is -0.119. The Labute approximate surface area is 163 Å². The van der Waals surface area contributed by atoms with Crippen molar-refractivity contribution in [2.24, 2.45) is 5.92 Å². The molecule has 1 heterocycles. The topological polar surface area (TPSA) is 61.4 Å².